The van der Waals surface area contributed by atoms with Crippen LogP contribution in [-0.4, -0.2) is 28.2 Å². The number of alkyl halides is 6. The molecule has 3 rings (SSSR count). The molecule has 0 saturated heterocycles. The van der Waals surface area contributed by atoms with Crippen molar-refractivity contribution in [1.82, 2.24) is 24.6 Å². The molecule has 0 aliphatic heterocycles. The molecule has 2 heterocycles. The molecule has 0 atom stereocenters. The number of hydrogen-bond donors (Lipinski definition) is 2. The van der Waals surface area contributed by atoms with E-state index in [1.54, 1.807) is 11.9 Å². The summed E-state index contributed by atoms with van der Waals surface area (Å²) in [5.74, 6) is -0.102. The molecule has 0 aliphatic carbocycles. The first-order valence-corrected chi connectivity index (χ1v) is 8.97. The standard InChI is InChI=1S/C14H10F6N6O2S/c1-26-12-10(5-23-26)11(21-6-22-12)24-25-29(27,28)9-3-7(13(15,16)17)2-8(4-9)14(18,19)20/h2-6,25H,1H3,(H,21,22,24). The zero-order chi connectivity index (χ0) is 21.6. The molecule has 1 aromatic carbocycles. The van der Waals surface area contributed by atoms with Crippen LogP contribution in [0.15, 0.2) is 35.6 Å². The van der Waals surface area contributed by atoms with Crippen LogP contribution in [0.5, 0.6) is 0 Å². The molecule has 0 spiro atoms. The molecule has 0 radical (unpaired) electrons. The largest absolute Gasteiger partial charge is 0.416 e. The number of nitrogens with zero attached hydrogens (tertiary/aromatic N) is 4. The summed E-state index contributed by atoms with van der Waals surface area (Å²) in [4.78, 5) is 8.15. The van der Waals surface area contributed by atoms with Gasteiger partial charge in [0.25, 0.3) is 10.0 Å². The van der Waals surface area contributed by atoms with E-state index in [0.29, 0.717) is 5.65 Å². The van der Waals surface area contributed by atoms with Gasteiger partial charge in [-0.25, -0.2) is 18.4 Å². The van der Waals surface area contributed by atoms with Crippen molar-refractivity contribution in [2.24, 2.45) is 7.05 Å². The highest BCUT2D eigenvalue weighted by Gasteiger charge is 2.38. The minimum Gasteiger partial charge on any atom is -0.291 e. The van der Waals surface area contributed by atoms with Gasteiger partial charge in [-0.1, -0.05) is 0 Å². The molecule has 8 nitrogen and oxygen atoms in total. The number of hydrogen-bond acceptors (Lipinski definition) is 6. The number of halogens is 6. The summed E-state index contributed by atoms with van der Waals surface area (Å²) >= 11 is 0. The SMILES string of the molecule is Cn1ncc2c(NNS(=O)(=O)c3cc(C(F)(F)F)cc(C(F)(F)F)c3)ncnc21. The van der Waals surface area contributed by atoms with Gasteiger partial charge in [-0.2, -0.15) is 31.4 Å². The predicted molar refractivity (Wildman–Crippen MR) is 86.7 cm³/mol. The second-order valence-corrected chi connectivity index (χ2v) is 7.38. The molecule has 2 aromatic heterocycles. The van der Waals surface area contributed by atoms with E-state index < -0.39 is 38.4 Å². The summed E-state index contributed by atoms with van der Waals surface area (Å²) in [6.07, 6.45) is -8.02. The monoisotopic (exact) mass is 440 g/mol. The van der Waals surface area contributed by atoms with Gasteiger partial charge in [0.2, 0.25) is 0 Å². The van der Waals surface area contributed by atoms with Crippen LogP contribution < -0.4 is 10.3 Å². The molecule has 3 aromatic rings. The molecule has 0 amide bonds. The zero-order valence-electron chi connectivity index (χ0n) is 14.2. The Hall–Kier alpha value is -2.94. The van der Waals surface area contributed by atoms with Crippen LogP contribution in [-0.2, 0) is 29.4 Å². The van der Waals surface area contributed by atoms with Gasteiger partial charge in [0.15, 0.2) is 11.5 Å². The Balaban J connectivity index is 1.98. The summed E-state index contributed by atoms with van der Waals surface area (Å²) in [5.41, 5.74) is -1.06. The molecule has 0 unspecified atom stereocenters. The van der Waals surface area contributed by atoms with Gasteiger partial charge in [-0.05, 0) is 18.2 Å². The summed E-state index contributed by atoms with van der Waals surface area (Å²) in [6, 6.07) is 0.0217. The topological polar surface area (TPSA) is 102 Å². The van der Waals surface area contributed by atoms with Crippen LogP contribution in [0.2, 0.25) is 0 Å². The second-order valence-electron chi connectivity index (χ2n) is 5.70. The van der Waals surface area contributed by atoms with Crippen molar-refractivity contribution in [1.29, 1.82) is 0 Å². The van der Waals surface area contributed by atoms with Gasteiger partial charge >= 0.3 is 12.4 Å². The van der Waals surface area contributed by atoms with Gasteiger partial charge < -0.3 is 0 Å². The maximum absolute atomic E-state index is 12.9. The van der Waals surface area contributed by atoms with E-state index in [2.05, 4.69) is 20.5 Å². The summed E-state index contributed by atoms with van der Waals surface area (Å²) in [6.45, 7) is 0. The third-order valence-corrected chi connectivity index (χ3v) is 4.93. The van der Waals surface area contributed by atoms with E-state index in [0.717, 1.165) is 6.33 Å². The Morgan fingerprint density at radius 3 is 2.10 bits per heavy atom. The molecule has 15 heteroatoms. The van der Waals surface area contributed by atoms with Crippen LogP contribution in [0.25, 0.3) is 11.0 Å². The molecular weight excluding hydrogens is 430 g/mol. The Kier molecular flexibility index (Phi) is 4.90. The average molecular weight is 440 g/mol. The maximum Gasteiger partial charge on any atom is 0.416 e. The lowest BCUT2D eigenvalue weighted by Gasteiger charge is -2.15. The van der Waals surface area contributed by atoms with Crippen molar-refractivity contribution in [3.8, 4) is 0 Å². The fourth-order valence-electron chi connectivity index (χ4n) is 2.32. The number of fused-ring (bicyclic) bond motifs is 1. The molecule has 0 saturated carbocycles. The number of nitrogens with one attached hydrogen (secondary N) is 2. The van der Waals surface area contributed by atoms with Gasteiger partial charge in [-0.15, -0.1) is 4.83 Å². The summed E-state index contributed by atoms with van der Waals surface area (Å²) < 4.78 is 104. The van der Waals surface area contributed by atoms with Crippen molar-refractivity contribution >= 4 is 26.9 Å². The van der Waals surface area contributed by atoms with E-state index in [9.17, 15) is 34.8 Å². The minimum atomic E-state index is -5.19. The number of sulfonamides is 1. The van der Waals surface area contributed by atoms with E-state index >= 15 is 0 Å². The molecule has 29 heavy (non-hydrogen) atoms. The van der Waals surface area contributed by atoms with E-state index in [-0.39, 0.29) is 29.4 Å². The number of aryl methyl sites for hydroxylation is 1. The first-order valence-electron chi connectivity index (χ1n) is 7.49. The first-order chi connectivity index (χ1) is 13.3. The number of rotatable bonds is 4. The summed E-state index contributed by atoms with van der Waals surface area (Å²) in [7, 11) is -3.29. The van der Waals surface area contributed by atoms with Gasteiger partial charge in [0.05, 0.1) is 27.6 Å². The number of hydrazine groups is 1. The lowest BCUT2D eigenvalue weighted by molar-refractivity contribution is -0.143. The van der Waals surface area contributed by atoms with Crippen LogP contribution in [0.3, 0.4) is 0 Å². The van der Waals surface area contributed by atoms with Crippen molar-refractivity contribution in [3.05, 3.63) is 41.9 Å². The van der Waals surface area contributed by atoms with E-state index in [1.165, 1.54) is 10.9 Å². The Morgan fingerprint density at radius 1 is 0.966 bits per heavy atom. The number of anilines is 1. The zero-order valence-corrected chi connectivity index (χ0v) is 15.0. The van der Waals surface area contributed by atoms with Crippen LogP contribution in [0.1, 0.15) is 11.1 Å². The quantitative estimate of drug-likeness (QED) is 0.478. The van der Waals surface area contributed by atoms with E-state index in [4.69, 9.17) is 0 Å². The number of benzene rings is 1. The van der Waals surface area contributed by atoms with Crippen molar-refractivity contribution in [2.45, 2.75) is 17.2 Å². The highest BCUT2D eigenvalue weighted by atomic mass is 32.2. The minimum absolute atomic E-state index is 0.0961. The fourth-order valence-corrected chi connectivity index (χ4v) is 3.23. The summed E-state index contributed by atoms with van der Waals surface area (Å²) in [5, 5.41) is 4.14. The van der Waals surface area contributed by atoms with Crippen LogP contribution in [0, 0.1) is 0 Å². The predicted octanol–water partition coefficient (Wildman–Crippen LogP) is 2.71. The van der Waals surface area contributed by atoms with E-state index in [1.807, 2.05) is 0 Å². The molecule has 0 fully saturated rings. The Labute approximate surface area is 158 Å². The van der Waals surface area contributed by atoms with Crippen LogP contribution >= 0.6 is 0 Å². The average Bonchev–Trinajstić information content (AvgIpc) is 3.00. The number of aromatic nitrogens is 4. The van der Waals surface area contributed by atoms with Gasteiger partial charge in [-0.3, -0.25) is 10.1 Å². The lowest BCUT2D eigenvalue weighted by Crippen LogP contribution is -2.30. The Bertz CT molecular complexity index is 1140. The molecule has 0 bridgehead atoms. The Morgan fingerprint density at radius 2 is 1.55 bits per heavy atom. The third kappa shape index (κ3) is 4.24. The molecular formula is C14H10F6N6O2S. The third-order valence-electron chi connectivity index (χ3n) is 3.70. The van der Waals surface area contributed by atoms with Crippen LogP contribution in [0.4, 0.5) is 32.2 Å². The molecule has 156 valence electrons. The smallest absolute Gasteiger partial charge is 0.291 e. The van der Waals surface area contributed by atoms with Crippen molar-refractivity contribution in [2.75, 3.05) is 5.43 Å². The van der Waals surface area contributed by atoms with Gasteiger partial charge in [0, 0.05) is 7.05 Å². The highest BCUT2D eigenvalue weighted by Crippen LogP contribution is 2.37. The second kappa shape index (κ2) is 6.84. The fraction of sp³-hybridized carbons (Fsp3) is 0.214. The maximum atomic E-state index is 12.9. The van der Waals surface area contributed by atoms with Crippen molar-refractivity contribution < 1.29 is 34.8 Å². The van der Waals surface area contributed by atoms with Gasteiger partial charge in [0.1, 0.15) is 6.33 Å². The first kappa shape index (κ1) is 20.8. The van der Waals surface area contributed by atoms with Crippen molar-refractivity contribution in [3.63, 3.8) is 0 Å². The lowest BCUT2D eigenvalue weighted by atomic mass is 10.1. The molecule has 0 aliphatic rings. The normalized spacial score (nSPS) is 13.1. The molecule has 2 N–H and O–H groups in total. The highest BCUT2D eigenvalue weighted by molar-refractivity contribution is 7.89.